The Balaban J connectivity index is 2.11. The van der Waals surface area contributed by atoms with Gasteiger partial charge in [0.25, 0.3) is 0 Å². The molecule has 0 fully saturated rings. The summed E-state index contributed by atoms with van der Waals surface area (Å²) in [6, 6.07) is 15.9. The number of ketones is 1. The highest BCUT2D eigenvalue weighted by Crippen LogP contribution is 2.22. The molecule has 0 spiro atoms. The maximum absolute atomic E-state index is 12.8. The first-order valence-electron chi connectivity index (χ1n) is 6.52. The fourth-order valence-corrected chi connectivity index (χ4v) is 2.26. The summed E-state index contributed by atoms with van der Waals surface area (Å²) >= 11 is 0. The maximum Gasteiger partial charge on any atom is 0.144 e. The van der Waals surface area contributed by atoms with E-state index in [9.17, 15) is 9.18 Å². The topological polar surface area (TPSA) is 17.1 Å². The molecule has 0 heterocycles. The molecule has 0 aliphatic heterocycles. The molecule has 98 valence electrons. The van der Waals surface area contributed by atoms with E-state index in [4.69, 9.17) is 0 Å². The van der Waals surface area contributed by atoms with Crippen molar-refractivity contribution in [1.29, 1.82) is 0 Å². The largest absolute Gasteiger partial charge is 0.299 e. The van der Waals surface area contributed by atoms with Gasteiger partial charge in [-0.2, -0.15) is 0 Å². The smallest absolute Gasteiger partial charge is 0.144 e. The Morgan fingerprint density at radius 2 is 1.68 bits per heavy atom. The average molecular weight is 256 g/mol. The highest BCUT2D eigenvalue weighted by molar-refractivity contribution is 5.87. The van der Waals surface area contributed by atoms with Gasteiger partial charge in [0.05, 0.1) is 0 Å². The zero-order chi connectivity index (χ0) is 13.7. The third-order valence-corrected chi connectivity index (χ3v) is 3.29. The summed E-state index contributed by atoms with van der Waals surface area (Å²) in [5, 5.41) is 0. The van der Waals surface area contributed by atoms with Crippen molar-refractivity contribution >= 4 is 5.78 Å². The van der Waals surface area contributed by atoms with Crippen LogP contribution in [0.4, 0.5) is 4.39 Å². The van der Waals surface area contributed by atoms with Gasteiger partial charge >= 0.3 is 0 Å². The minimum atomic E-state index is -0.272. The van der Waals surface area contributed by atoms with Crippen molar-refractivity contribution < 1.29 is 9.18 Å². The predicted molar refractivity (Wildman–Crippen MR) is 74.6 cm³/mol. The van der Waals surface area contributed by atoms with Gasteiger partial charge < -0.3 is 0 Å². The van der Waals surface area contributed by atoms with Crippen molar-refractivity contribution in [1.82, 2.24) is 0 Å². The quantitative estimate of drug-likeness (QED) is 0.786. The van der Waals surface area contributed by atoms with E-state index in [1.165, 1.54) is 12.1 Å². The van der Waals surface area contributed by atoms with Gasteiger partial charge in [-0.15, -0.1) is 0 Å². The molecule has 1 nitrogen and oxygen atoms in total. The fraction of sp³-hybridized carbons (Fsp3) is 0.235. The van der Waals surface area contributed by atoms with E-state index in [1.54, 1.807) is 12.1 Å². The van der Waals surface area contributed by atoms with Crippen molar-refractivity contribution in [2.75, 3.05) is 0 Å². The van der Waals surface area contributed by atoms with E-state index in [-0.39, 0.29) is 17.5 Å². The van der Waals surface area contributed by atoms with Gasteiger partial charge in [-0.25, -0.2) is 4.39 Å². The summed E-state index contributed by atoms with van der Waals surface area (Å²) in [6.07, 6.45) is 1.14. The molecule has 2 rings (SSSR count). The molecule has 2 aromatic carbocycles. The second kappa shape index (κ2) is 6.28. The van der Waals surface area contributed by atoms with Crippen LogP contribution in [-0.2, 0) is 11.2 Å². The summed E-state index contributed by atoms with van der Waals surface area (Å²) in [5.41, 5.74) is 1.91. The molecule has 0 aliphatic carbocycles. The summed E-state index contributed by atoms with van der Waals surface area (Å²) in [6.45, 7) is 2.01. The number of carbonyl (C=O) groups is 1. The monoisotopic (exact) mass is 256 g/mol. The number of halogens is 1. The van der Waals surface area contributed by atoms with Crippen LogP contribution < -0.4 is 0 Å². The van der Waals surface area contributed by atoms with Gasteiger partial charge in [0, 0.05) is 12.3 Å². The molecule has 2 aromatic rings. The molecule has 0 amide bonds. The molecule has 0 aliphatic rings. The van der Waals surface area contributed by atoms with E-state index in [0.717, 1.165) is 17.5 Å². The van der Waals surface area contributed by atoms with Gasteiger partial charge in [0.15, 0.2) is 0 Å². The van der Waals surface area contributed by atoms with Gasteiger partial charge in [-0.3, -0.25) is 4.79 Å². The van der Waals surface area contributed by atoms with Crippen LogP contribution in [0.25, 0.3) is 0 Å². The van der Waals surface area contributed by atoms with Crippen LogP contribution in [0.15, 0.2) is 54.6 Å². The van der Waals surface area contributed by atoms with Gasteiger partial charge in [0.1, 0.15) is 11.6 Å². The van der Waals surface area contributed by atoms with E-state index in [1.807, 2.05) is 37.3 Å². The number of benzene rings is 2. The first kappa shape index (κ1) is 13.5. The maximum atomic E-state index is 12.8. The Morgan fingerprint density at radius 3 is 2.26 bits per heavy atom. The number of hydrogen-bond donors (Lipinski definition) is 0. The number of rotatable bonds is 5. The Labute approximate surface area is 113 Å². The van der Waals surface area contributed by atoms with E-state index in [0.29, 0.717) is 6.42 Å². The van der Waals surface area contributed by atoms with Crippen LogP contribution in [0.5, 0.6) is 0 Å². The van der Waals surface area contributed by atoms with E-state index in [2.05, 4.69) is 0 Å². The third kappa shape index (κ3) is 3.50. The van der Waals surface area contributed by atoms with E-state index < -0.39 is 0 Å². The van der Waals surface area contributed by atoms with Crippen LogP contribution in [0.1, 0.15) is 30.4 Å². The van der Waals surface area contributed by atoms with Crippen molar-refractivity contribution in [2.24, 2.45) is 0 Å². The predicted octanol–water partition coefficient (Wildman–Crippen LogP) is 4.13. The zero-order valence-electron chi connectivity index (χ0n) is 11.0. The first-order valence-corrected chi connectivity index (χ1v) is 6.52. The number of carbonyl (C=O) groups excluding carboxylic acids is 1. The SMILES string of the molecule is CCC(C(=O)Cc1ccc(F)cc1)c1ccccc1. The first-order chi connectivity index (χ1) is 9.20. The molecular formula is C17H17FO. The zero-order valence-corrected chi connectivity index (χ0v) is 11.0. The van der Waals surface area contributed by atoms with Crippen LogP contribution >= 0.6 is 0 Å². The lowest BCUT2D eigenvalue weighted by Gasteiger charge is -2.14. The lowest BCUT2D eigenvalue weighted by molar-refractivity contribution is -0.119. The Kier molecular flexibility index (Phi) is 4.45. The summed E-state index contributed by atoms with van der Waals surface area (Å²) in [5.74, 6) is -0.169. The highest BCUT2D eigenvalue weighted by atomic mass is 19.1. The molecule has 0 saturated carbocycles. The Hall–Kier alpha value is -1.96. The van der Waals surface area contributed by atoms with Crippen LogP contribution in [-0.4, -0.2) is 5.78 Å². The van der Waals surface area contributed by atoms with Crippen molar-refractivity contribution in [2.45, 2.75) is 25.7 Å². The highest BCUT2D eigenvalue weighted by Gasteiger charge is 2.18. The van der Waals surface area contributed by atoms with Crippen LogP contribution in [0.3, 0.4) is 0 Å². The number of Topliss-reactive ketones (excluding diaryl/α,β-unsaturated/α-hetero) is 1. The summed E-state index contributed by atoms with van der Waals surface area (Å²) < 4.78 is 12.8. The molecule has 19 heavy (non-hydrogen) atoms. The van der Waals surface area contributed by atoms with E-state index >= 15 is 0 Å². The average Bonchev–Trinajstić information content (AvgIpc) is 2.43. The second-order valence-corrected chi connectivity index (χ2v) is 4.64. The lowest BCUT2D eigenvalue weighted by Crippen LogP contribution is -2.14. The van der Waals surface area contributed by atoms with Crippen molar-refractivity contribution in [3.8, 4) is 0 Å². The second-order valence-electron chi connectivity index (χ2n) is 4.64. The van der Waals surface area contributed by atoms with Gasteiger partial charge in [0.2, 0.25) is 0 Å². The van der Waals surface area contributed by atoms with Gasteiger partial charge in [-0.05, 0) is 29.7 Å². The van der Waals surface area contributed by atoms with Gasteiger partial charge in [-0.1, -0.05) is 49.4 Å². The lowest BCUT2D eigenvalue weighted by atomic mass is 9.89. The van der Waals surface area contributed by atoms with Crippen molar-refractivity contribution in [3.63, 3.8) is 0 Å². The minimum absolute atomic E-state index is 0.0775. The van der Waals surface area contributed by atoms with Crippen molar-refractivity contribution in [3.05, 3.63) is 71.5 Å². The Morgan fingerprint density at radius 1 is 1.05 bits per heavy atom. The third-order valence-electron chi connectivity index (χ3n) is 3.29. The number of hydrogen-bond acceptors (Lipinski definition) is 1. The molecule has 0 radical (unpaired) electrons. The van der Waals surface area contributed by atoms with Crippen LogP contribution in [0.2, 0.25) is 0 Å². The molecule has 0 bridgehead atoms. The molecule has 0 aromatic heterocycles. The molecule has 0 saturated heterocycles. The van der Waals surface area contributed by atoms with Crippen LogP contribution in [0, 0.1) is 5.82 Å². The standard InChI is InChI=1S/C17H17FO/c1-2-16(14-6-4-3-5-7-14)17(19)12-13-8-10-15(18)11-9-13/h3-11,16H,2,12H2,1H3. The normalized spacial score (nSPS) is 12.1. The Bertz CT molecular complexity index is 531. The summed E-state index contributed by atoms with van der Waals surface area (Å²) in [4.78, 5) is 12.3. The fourth-order valence-electron chi connectivity index (χ4n) is 2.26. The molecule has 0 N–H and O–H groups in total. The summed E-state index contributed by atoms with van der Waals surface area (Å²) in [7, 11) is 0. The molecule has 2 heteroatoms. The molecule has 1 atom stereocenters. The molecular weight excluding hydrogens is 239 g/mol. The molecule has 1 unspecified atom stereocenters. The minimum Gasteiger partial charge on any atom is -0.299 e.